The van der Waals surface area contributed by atoms with Crippen molar-refractivity contribution in [3.05, 3.63) is 23.7 Å². The predicted octanol–water partition coefficient (Wildman–Crippen LogP) is 2.32. The summed E-state index contributed by atoms with van der Waals surface area (Å²) < 4.78 is 5.24. The second-order valence-electron chi connectivity index (χ2n) is 5.74. The molecular weight excluding hydrogens is 272 g/mol. The molecule has 2 rings (SSSR count). The number of amides is 2. The number of urea groups is 1. The van der Waals surface area contributed by atoms with E-state index >= 15 is 0 Å². The molecule has 1 fully saturated rings. The average Bonchev–Trinajstić information content (AvgIpc) is 2.83. The van der Waals surface area contributed by atoms with Crippen LogP contribution in [0.2, 0.25) is 0 Å². The Bertz CT molecular complexity index is 525. The number of likely N-dealkylation sites (tertiary alicyclic amines) is 1. The summed E-state index contributed by atoms with van der Waals surface area (Å²) in [7, 11) is 1.75. The maximum Gasteiger partial charge on any atom is 0.320 e. The van der Waals surface area contributed by atoms with Gasteiger partial charge in [0.25, 0.3) is 0 Å². The van der Waals surface area contributed by atoms with Crippen LogP contribution in [0, 0.1) is 12.8 Å². The van der Waals surface area contributed by atoms with Crippen LogP contribution in [-0.4, -0.2) is 46.5 Å². The first kappa shape index (κ1) is 15.4. The third-order valence-corrected chi connectivity index (χ3v) is 4.17. The zero-order valence-electron chi connectivity index (χ0n) is 12.7. The molecule has 6 heteroatoms. The number of aliphatic carboxylic acids is 1. The van der Waals surface area contributed by atoms with Crippen LogP contribution in [0.1, 0.15) is 31.1 Å². The molecule has 1 saturated heterocycles. The van der Waals surface area contributed by atoms with E-state index in [9.17, 15) is 9.59 Å². The molecule has 21 heavy (non-hydrogen) atoms. The van der Waals surface area contributed by atoms with Gasteiger partial charge in [-0.25, -0.2) is 4.79 Å². The van der Waals surface area contributed by atoms with E-state index < -0.39 is 5.97 Å². The molecule has 2 heterocycles. The van der Waals surface area contributed by atoms with Crippen molar-refractivity contribution in [2.24, 2.45) is 5.92 Å². The lowest BCUT2D eigenvalue weighted by atomic mass is 9.92. The first-order chi connectivity index (χ1) is 9.90. The number of carboxylic acids is 1. The predicted molar refractivity (Wildman–Crippen MR) is 76.8 cm³/mol. The van der Waals surface area contributed by atoms with Crippen molar-refractivity contribution in [2.45, 2.75) is 39.3 Å². The Hall–Kier alpha value is -1.98. The smallest absolute Gasteiger partial charge is 0.320 e. The highest BCUT2D eigenvalue weighted by Gasteiger charge is 2.33. The molecule has 0 radical (unpaired) electrons. The van der Waals surface area contributed by atoms with Crippen LogP contribution >= 0.6 is 0 Å². The summed E-state index contributed by atoms with van der Waals surface area (Å²) in [4.78, 5) is 26.9. The van der Waals surface area contributed by atoms with E-state index in [-0.39, 0.29) is 18.0 Å². The molecule has 0 bridgehead atoms. The van der Waals surface area contributed by atoms with E-state index in [2.05, 4.69) is 0 Å². The summed E-state index contributed by atoms with van der Waals surface area (Å²) in [6, 6.07) is 1.74. The van der Waals surface area contributed by atoms with E-state index in [4.69, 9.17) is 9.52 Å². The number of piperidine rings is 1. The molecule has 2 atom stereocenters. The van der Waals surface area contributed by atoms with Crippen molar-refractivity contribution in [1.29, 1.82) is 0 Å². The Morgan fingerprint density at radius 3 is 2.76 bits per heavy atom. The minimum absolute atomic E-state index is 0.0553. The normalized spacial score (nSPS) is 22.1. The van der Waals surface area contributed by atoms with Crippen LogP contribution in [0.25, 0.3) is 0 Å². The maximum atomic E-state index is 12.5. The van der Waals surface area contributed by atoms with Crippen molar-refractivity contribution in [2.75, 3.05) is 13.6 Å². The molecule has 1 aliphatic rings. The van der Waals surface area contributed by atoms with Crippen molar-refractivity contribution < 1.29 is 19.1 Å². The Morgan fingerprint density at radius 2 is 2.24 bits per heavy atom. The fourth-order valence-corrected chi connectivity index (χ4v) is 2.80. The molecule has 1 aromatic rings. The van der Waals surface area contributed by atoms with Gasteiger partial charge in [-0.15, -0.1) is 0 Å². The minimum atomic E-state index is -0.767. The lowest BCUT2D eigenvalue weighted by Gasteiger charge is -2.38. The highest BCUT2D eigenvalue weighted by molar-refractivity contribution is 5.75. The van der Waals surface area contributed by atoms with Gasteiger partial charge in [0.1, 0.15) is 5.76 Å². The molecule has 0 spiro atoms. The van der Waals surface area contributed by atoms with Crippen molar-refractivity contribution in [1.82, 2.24) is 9.80 Å². The summed E-state index contributed by atoms with van der Waals surface area (Å²) in [6.45, 7) is 4.76. The molecule has 0 aromatic carbocycles. The van der Waals surface area contributed by atoms with E-state index in [1.165, 1.54) is 0 Å². The number of carbonyl (C=O) groups is 2. The molecule has 1 aromatic heterocycles. The van der Waals surface area contributed by atoms with E-state index in [1.54, 1.807) is 23.1 Å². The van der Waals surface area contributed by atoms with E-state index in [1.807, 2.05) is 19.9 Å². The minimum Gasteiger partial charge on any atom is -0.481 e. The maximum absolute atomic E-state index is 12.5. The topological polar surface area (TPSA) is 74.0 Å². The molecule has 0 saturated carbocycles. The van der Waals surface area contributed by atoms with Crippen LogP contribution < -0.4 is 0 Å². The molecule has 0 aliphatic carbocycles. The van der Waals surface area contributed by atoms with Gasteiger partial charge in [0.05, 0.1) is 18.7 Å². The van der Waals surface area contributed by atoms with Crippen molar-refractivity contribution in [3.63, 3.8) is 0 Å². The molecule has 2 amide bonds. The molecular formula is C15H22N2O4. The number of hydrogen-bond acceptors (Lipinski definition) is 3. The zero-order valence-corrected chi connectivity index (χ0v) is 12.7. The van der Waals surface area contributed by atoms with Crippen molar-refractivity contribution >= 4 is 12.0 Å². The summed E-state index contributed by atoms with van der Waals surface area (Å²) in [5.74, 6) is -0.297. The van der Waals surface area contributed by atoms with Gasteiger partial charge in [0, 0.05) is 25.2 Å². The second kappa shape index (κ2) is 6.20. The van der Waals surface area contributed by atoms with Crippen LogP contribution in [-0.2, 0) is 11.3 Å². The summed E-state index contributed by atoms with van der Waals surface area (Å²) in [5.41, 5.74) is 0.985. The van der Waals surface area contributed by atoms with E-state index in [0.717, 1.165) is 11.3 Å². The van der Waals surface area contributed by atoms with Crippen molar-refractivity contribution in [3.8, 4) is 0 Å². The molecule has 6 nitrogen and oxygen atoms in total. The van der Waals surface area contributed by atoms with Gasteiger partial charge in [0.2, 0.25) is 0 Å². The second-order valence-corrected chi connectivity index (χ2v) is 5.74. The number of aryl methyl sites for hydroxylation is 1. The van der Waals surface area contributed by atoms with Gasteiger partial charge < -0.3 is 19.3 Å². The fourth-order valence-electron chi connectivity index (χ4n) is 2.80. The number of carboxylic acid groups (broad SMARTS) is 1. The van der Waals surface area contributed by atoms with E-state index in [0.29, 0.717) is 25.9 Å². The number of hydrogen-bond donors (Lipinski definition) is 1. The number of furan rings is 1. The van der Waals surface area contributed by atoms with Crippen LogP contribution in [0.5, 0.6) is 0 Å². The van der Waals surface area contributed by atoms with Crippen LogP contribution in [0.3, 0.4) is 0 Å². The average molecular weight is 294 g/mol. The quantitative estimate of drug-likeness (QED) is 0.928. The highest BCUT2D eigenvalue weighted by Crippen LogP contribution is 2.24. The van der Waals surface area contributed by atoms with Gasteiger partial charge in [-0.05, 0) is 32.8 Å². The summed E-state index contributed by atoms with van der Waals surface area (Å²) >= 11 is 0. The lowest BCUT2D eigenvalue weighted by molar-refractivity contribution is -0.143. The third kappa shape index (κ3) is 3.37. The first-order valence-electron chi connectivity index (χ1n) is 7.17. The van der Waals surface area contributed by atoms with Gasteiger partial charge in [-0.1, -0.05) is 0 Å². The highest BCUT2D eigenvalue weighted by atomic mass is 16.4. The molecule has 1 aliphatic heterocycles. The molecule has 1 N–H and O–H groups in total. The number of carbonyl (C=O) groups excluding carboxylic acids is 1. The zero-order chi connectivity index (χ0) is 15.6. The van der Waals surface area contributed by atoms with Gasteiger partial charge >= 0.3 is 12.0 Å². The standard InChI is InChI=1S/C15H22N2O4/c1-10-8-12(14(18)19)4-6-17(10)15(20)16(3)9-13-5-7-21-11(13)2/h5,7,10,12H,4,6,8-9H2,1-3H3,(H,18,19). The largest absolute Gasteiger partial charge is 0.481 e. The molecule has 2 unspecified atom stereocenters. The number of nitrogens with zero attached hydrogens (tertiary/aromatic N) is 2. The Morgan fingerprint density at radius 1 is 1.52 bits per heavy atom. The first-order valence-corrected chi connectivity index (χ1v) is 7.17. The summed E-state index contributed by atoms with van der Waals surface area (Å²) in [5, 5.41) is 9.07. The van der Waals surface area contributed by atoms with Crippen LogP contribution in [0.15, 0.2) is 16.7 Å². The Labute approximate surface area is 124 Å². The fraction of sp³-hybridized carbons (Fsp3) is 0.600. The van der Waals surface area contributed by atoms with Gasteiger partial charge in [-0.3, -0.25) is 4.79 Å². The SMILES string of the molecule is Cc1occc1CN(C)C(=O)N1CCC(C(=O)O)CC1C. The van der Waals surface area contributed by atoms with Crippen LogP contribution in [0.4, 0.5) is 4.79 Å². The molecule has 116 valence electrons. The van der Waals surface area contributed by atoms with Gasteiger partial charge in [-0.2, -0.15) is 0 Å². The monoisotopic (exact) mass is 294 g/mol. The number of rotatable bonds is 3. The lowest BCUT2D eigenvalue weighted by Crippen LogP contribution is -2.50. The Kier molecular flexibility index (Phi) is 4.55. The summed E-state index contributed by atoms with van der Waals surface area (Å²) in [6.07, 6.45) is 2.65. The third-order valence-electron chi connectivity index (χ3n) is 4.17. The Balaban J connectivity index is 1.97. The van der Waals surface area contributed by atoms with Gasteiger partial charge in [0.15, 0.2) is 0 Å².